The zero-order valence-corrected chi connectivity index (χ0v) is 16.2. The Morgan fingerprint density at radius 2 is 1.85 bits per heavy atom. The van der Waals surface area contributed by atoms with Crippen LogP contribution < -0.4 is 20.1 Å². The molecule has 148 valence electrons. The van der Waals surface area contributed by atoms with Gasteiger partial charge in [-0.3, -0.25) is 9.59 Å². The van der Waals surface area contributed by atoms with E-state index in [1.54, 1.807) is 19.2 Å². The Morgan fingerprint density at radius 1 is 1.15 bits per heavy atom. The van der Waals surface area contributed by atoms with E-state index in [9.17, 15) is 18.0 Å². The molecule has 1 aliphatic heterocycles. The summed E-state index contributed by atoms with van der Waals surface area (Å²) < 4.78 is 33.5. The minimum Gasteiger partial charge on any atom is -0.493 e. The van der Waals surface area contributed by atoms with Crippen LogP contribution in [-0.2, 0) is 26.0 Å². The van der Waals surface area contributed by atoms with Crippen LogP contribution in [0.2, 0.25) is 0 Å². The maximum Gasteiger partial charge on any atom is 0.235 e. The number of amides is 2. The van der Waals surface area contributed by atoms with Crippen molar-refractivity contribution in [2.45, 2.75) is 31.8 Å². The number of ether oxygens (including phenoxy) is 2. The highest BCUT2D eigenvalue weighted by molar-refractivity contribution is 7.91. The van der Waals surface area contributed by atoms with E-state index in [4.69, 9.17) is 9.47 Å². The van der Waals surface area contributed by atoms with Gasteiger partial charge >= 0.3 is 0 Å². The monoisotopic (exact) mass is 396 g/mol. The highest BCUT2D eigenvalue weighted by atomic mass is 32.2. The molecule has 1 unspecified atom stereocenters. The Kier molecular flexibility index (Phi) is 5.32. The average Bonchev–Trinajstić information content (AvgIpc) is 3.39. The maximum absolute atomic E-state index is 12.6. The van der Waals surface area contributed by atoms with E-state index in [0.717, 1.165) is 5.56 Å². The molecule has 1 aliphatic carbocycles. The van der Waals surface area contributed by atoms with Crippen molar-refractivity contribution in [3.05, 3.63) is 23.8 Å². The Labute approximate surface area is 158 Å². The molecule has 0 radical (unpaired) electrons. The number of hydrogen-bond acceptors (Lipinski definition) is 6. The summed E-state index contributed by atoms with van der Waals surface area (Å²) in [6.07, 6.45) is 1.34. The van der Waals surface area contributed by atoms with Gasteiger partial charge in [0.05, 0.1) is 25.7 Å². The largest absolute Gasteiger partial charge is 0.493 e. The Hall–Kier alpha value is -2.29. The molecule has 1 aromatic rings. The third-order valence-electron chi connectivity index (χ3n) is 5.09. The molecule has 9 heteroatoms. The van der Waals surface area contributed by atoms with Crippen LogP contribution in [0.25, 0.3) is 0 Å². The highest BCUT2D eigenvalue weighted by Crippen LogP contribution is 2.46. The van der Waals surface area contributed by atoms with Gasteiger partial charge in [-0.2, -0.15) is 0 Å². The smallest absolute Gasteiger partial charge is 0.235 e. The van der Waals surface area contributed by atoms with E-state index in [0.29, 0.717) is 30.8 Å². The number of hydrogen-bond donors (Lipinski definition) is 2. The predicted octanol–water partition coefficient (Wildman–Crippen LogP) is 0.404. The fourth-order valence-electron chi connectivity index (χ4n) is 3.26. The molecule has 1 aromatic carbocycles. The summed E-state index contributed by atoms with van der Waals surface area (Å²) in [5.41, 5.74) is -0.262. The first-order valence-electron chi connectivity index (χ1n) is 8.80. The van der Waals surface area contributed by atoms with Crippen LogP contribution in [0, 0.1) is 5.41 Å². The second-order valence-corrected chi connectivity index (χ2v) is 9.26. The number of benzene rings is 1. The van der Waals surface area contributed by atoms with Gasteiger partial charge < -0.3 is 20.1 Å². The molecule has 1 heterocycles. The van der Waals surface area contributed by atoms with Crippen LogP contribution >= 0.6 is 0 Å². The number of rotatable bonds is 7. The lowest BCUT2D eigenvalue weighted by molar-refractivity contribution is -0.137. The van der Waals surface area contributed by atoms with Crippen LogP contribution in [0.4, 0.5) is 0 Å². The number of carbonyl (C=O) groups is 2. The summed E-state index contributed by atoms with van der Waals surface area (Å²) in [4.78, 5) is 25.1. The van der Waals surface area contributed by atoms with E-state index >= 15 is 0 Å². The van der Waals surface area contributed by atoms with Crippen molar-refractivity contribution in [2.24, 2.45) is 5.41 Å². The van der Waals surface area contributed by atoms with Gasteiger partial charge in [0, 0.05) is 12.6 Å². The molecule has 0 bridgehead atoms. The van der Waals surface area contributed by atoms with Crippen molar-refractivity contribution in [3.8, 4) is 11.5 Å². The third kappa shape index (κ3) is 4.18. The second kappa shape index (κ2) is 7.38. The SMILES string of the molecule is COc1ccc(CNC(=O)C2(C(=O)NC3CCS(=O)(=O)C3)CC2)cc1OC. The van der Waals surface area contributed by atoms with Crippen molar-refractivity contribution in [3.63, 3.8) is 0 Å². The van der Waals surface area contributed by atoms with Gasteiger partial charge in [-0.15, -0.1) is 0 Å². The summed E-state index contributed by atoms with van der Waals surface area (Å²) >= 11 is 0. The predicted molar refractivity (Wildman–Crippen MR) is 98.3 cm³/mol. The van der Waals surface area contributed by atoms with Crippen LogP contribution in [0.5, 0.6) is 11.5 Å². The molecule has 1 saturated carbocycles. The van der Waals surface area contributed by atoms with Crippen molar-refractivity contribution in [1.82, 2.24) is 10.6 Å². The molecular weight excluding hydrogens is 372 g/mol. The van der Waals surface area contributed by atoms with Crippen LogP contribution in [-0.4, -0.2) is 52.0 Å². The van der Waals surface area contributed by atoms with Gasteiger partial charge in [0.15, 0.2) is 21.3 Å². The summed E-state index contributed by atoms with van der Waals surface area (Å²) in [5, 5.41) is 5.53. The molecule has 2 amide bonds. The van der Waals surface area contributed by atoms with E-state index in [1.807, 2.05) is 6.07 Å². The number of carbonyl (C=O) groups excluding carboxylic acids is 2. The standard InChI is InChI=1S/C18H24N2O6S/c1-25-14-4-3-12(9-15(14)26-2)10-19-16(21)18(6-7-18)17(22)20-13-5-8-27(23,24)11-13/h3-4,9,13H,5-8,10-11H2,1-2H3,(H,19,21)(H,20,22). The lowest BCUT2D eigenvalue weighted by atomic mass is 10.0. The third-order valence-corrected chi connectivity index (χ3v) is 6.86. The quantitative estimate of drug-likeness (QED) is 0.646. The summed E-state index contributed by atoms with van der Waals surface area (Å²) in [6, 6.07) is 4.92. The lowest BCUT2D eigenvalue weighted by Crippen LogP contribution is -2.46. The van der Waals surface area contributed by atoms with E-state index in [2.05, 4.69) is 10.6 Å². The number of sulfone groups is 1. The average molecular weight is 396 g/mol. The van der Waals surface area contributed by atoms with Crippen LogP contribution in [0.1, 0.15) is 24.8 Å². The molecule has 1 saturated heterocycles. The van der Waals surface area contributed by atoms with E-state index < -0.39 is 21.3 Å². The van der Waals surface area contributed by atoms with Gasteiger partial charge in [0.25, 0.3) is 0 Å². The van der Waals surface area contributed by atoms with Crippen molar-refractivity contribution >= 4 is 21.7 Å². The Bertz CT molecular complexity index is 847. The highest BCUT2D eigenvalue weighted by Gasteiger charge is 2.56. The molecule has 0 aromatic heterocycles. The molecule has 3 rings (SSSR count). The lowest BCUT2D eigenvalue weighted by Gasteiger charge is -2.18. The number of nitrogens with one attached hydrogen (secondary N) is 2. The minimum absolute atomic E-state index is 0.0535. The summed E-state index contributed by atoms with van der Waals surface area (Å²) in [5.74, 6) is 0.464. The molecule has 0 spiro atoms. The number of methoxy groups -OCH3 is 2. The first-order chi connectivity index (χ1) is 12.8. The Morgan fingerprint density at radius 3 is 2.41 bits per heavy atom. The summed E-state index contributed by atoms with van der Waals surface area (Å²) in [6.45, 7) is 0.256. The second-order valence-electron chi connectivity index (χ2n) is 7.03. The van der Waals surface area contributed by atoms with Gasteiger partial charge in [0.2, 0.25) is 11.8 Å². The normalized spacial score (nSPS) is 21.9. The van der Waals surface area contributed by atoms with Gasteiger partial charge in [-0.1, -0.05) is 6.07 Å². The molecule has 27 heavy (non-hydrogen) atoms. The topological polar surface area (TPSA) is 111 Å². The molecule has 2 aliphatic rings. The van der Waals surface area contributed by atoms with Crippen molar-refractivity contribution in [1.29, 1.82) is 0 Å². The fraction of sp³-hybridized carbons (Fsp3) is 0.556. The summed E-state index contributed by atoms with van der Waals surface area (Å²) in [7, 11) is -0.00180. The fourth-order valence-corrected chi connectivity index (χ4v) is 4.93. The zero-order valence-electron chi connectivity index (χ0n) is 15.4. The van der Waals surface area contributed by atoms with Gasteiger partial charge in [0.1, 0.15) is 5.41 Å². The van der Waals surface area contributed by atoms with Crippen LogP contribution in [0.3, 0.4) is 0 Å². The molecular formula is C18H24N2O6S. The van der Waals surface area contributed by atoms with Crippen LogP contribution in [0.15, 0.2) is 18.2 Å². The van der Waals surface area contributed by atoms with Crippen molar-refractivity contribution < 1.29 is 27.5 Å². The molecule has 8 nitrogen and oxygen atoms in total. The maximum atomic E-state index is 12.6. The molecule has 1 atom stereocenters. The first-order valence-corrected chi connectivity index (χ1v) is 10.6. The van der Waals surface area contributed by atoms with E-state index in [-0.39, 0.29) is 29.9 Å². The molecule has 2 fully saturated rings. The van der Waals surface area contributed by atoms with Gasteiger partial charge in [-0.25, -0.2) is 8.42 Å². The van der Waals surface area contributed by atoms with Gasteiger partial charge in [-0.05, 0) is 37.0 Å². The Balaban J connectivity index is 1.58. The van der Waals surface area contributed by atoms with Crippen molar-refractivity contribution in [2.75, 3.05) is 25.7 Å². The van der Waals surface area contributed by atoms with E-state index in [1.165, 1.54) is 7.11 Å². The minimum atomic E-state index is -3.08. The molecule has 2 N–H and O–H groups in total. The first kappa shape index (κ1) is 19.5. The zero-order chi connectivity index (χ0) is 19.7.